The summed E-state index contributed by atoms with van der Waals surface area (Å²) in [6, 6.07) is 3.53. The number of rotatable bonds is 6. The van der Waals surface area contributed by atoms with E-state index in [1.807, 2.05) is 13.0 Å². The van der Waals surface area contributed by atoms with Crippen LogP contribution in [0.3, 0.4) is 0 Å². The van der Waals surface area contributed by atoms with E-state index >= 15 is 0 Å². The maximum atomic E-state index is 10.0. The minimum atomic E-state index is -0.347. The summed E-state index contributed by atoms with van der Waals surface area (Å²) in [6.07, 6.45) is 6.75. The summed E-state index contributed by atoms with van der Waals surface area (Å²) in [4.78, 5) is 8.73. The molecule has 0 amide bonds. The number of ether oxygens (including phenoxy) is 1. The summed E-state index contributed by atoms with van der Waals surface area (Å²) in [5.74, 6) is 1.20. The van der Waals surface area contributed by atoms with E-state index in [1.165, 1.54) is 11.9 Å². The molecule has 2 aromatic rings. The number of hydrogen-bond donors (Lipinski definition) is 1. The Morgan fingerprint density at radius 2 is 2.07 bits per heavy atom. The zero-order valence-corrected chi connectivity index (χ0v) is 19.4. The minimum Gasteiger partial charge on any atom is -0.358 e. The molecule has 29 heavy (non-hydrogen) atoms. The van der Waals surface area contributed by atoms with Crippen LogP contribution in [0, 0.1) is 14.0 Å². The molecule has 6 nitrogen and oxygen atoms in total. The molecule has 0 radical (unpaired) electrons. The van der Waals surface area contributed by atoms with Gasteiger partial charge in [0, 0.05) is 0 Å². The third-order valence-electron chi connectivity index (χ3n) is 4.10. The monoisotopic (exact) mass is 494 g/mol. The molecule has 0 saturated carbocycles. The Morgan fingerprint density at radius 1 is 1.31 bits per heavy atom. The zero-order chi connectivity index (χ0) is 19.4. The number of aromatic nitrogens is 2. The van der Waals surface area contributed by atoms with Gasteiger partial charge in [0.2, 0.25) is 0 Å². The molecular weight excluding hydrogens is 472 g/mol. The van der Waals surface area contributed by atoms with Gasteiger partial charge in [0.1, 0.15) is 0 Å². The Kier molecular flexibility index (Phi) is 9.76. The number of fused-ring (bicyclic) bond motifs is 1. The molecule has 0 spiro atoms. The average molecular weight is 494 g/mol. The van der Waals surface area contributed by atoms with Gasteiger partial charge in [-0.2, -0.15) is 0 Å². The van der Waals surface area contributed by atoms with Crippen LogP contribution in [-0.4, -0.2) is 34.5 Å². The van der Waals surface area contributed by atoms with Crippen LogP contribution in [0.5, 0.6) is 5.75 Å². The van der Waals surface area contributed by atoms with Gasteiger partial charge in [-0.1, -0.05) is 0 Å². The van der Waals surface area contributed by atoms with Crippen LogP contribution in [0.15, 0.2) is 49.5 Å². The van der Waals surface area contributed by atoms with Crippen molar-refractivity contribution in [1.29, 1.82) is 0 Å². The second kappa shape index (κ2) is 11.3. The molecule has 1 atom stereocenters. The van der Waals surface area contributed by atoms with Gasteiger partial charge in [0.25, 0.3) is 0 Å². The summed E-state index contributed by atoms with van der Waals surface area (Å²) >= 11 is -0.347. The Morgan fingerprint density at radius 3 is 2.76 bits per heavy atom. The van der Waals surface area contributed by atoms with Crippen molar-refractivity contribution in [2.24, 2.45) is 3.21 Å². The van der Waals surface area contributed by atoms with Crippen molar-refractivity contribution in [3.63, 3.8) is 0 Å². The van der Waals surface area contributed by atoms with Crippen LogP contribution in [0.1, 0.15) is 19.4 Å². The number of nitrogens with one attached hydrogen (secondary N) is 1. The van der Waals surface area contributed by atoms with Gasteiger partial charge in [0.15, 0.2) is 0 Å². The van der Waals surface area contributed by atoms with E-state index in [0.717, 1.165) is 17.2 Å². The van der Waals surface area contributed by atoms with Gasteiger partial charge in [0.05, 0.1) is 0 Å². The molecule has 0 saturated heterocycles. The summed E-state index contributed by atoms with van der Waals surface area (Å²) in [7, 11) is 1.56. The number of allylic oxidation sites excluding steroid dienone is 2. The SMILES string of the molecule is [CH-]=CC(=[N-])c1cc(OC)c2ncnc(N[C@H](C)C3=C[I-]N=C(C)C=C3)c2c1.[CH3-].[Li+]. The molecule has 1 N–H and O–H groups in total. The summed E-state index contributed by atoms with van der Waals surface area (Å²) < 4.78 is 12.2. The van der Waals surface area contributed by atoms with Crippen molar-refractivity contribution in [2.75, 3.05) is 12.4 Å². The van der Waals surface area contributed by atoms with E-state index in [9.17, 15) is 5.41 Å². The second-order valence-corrected chi connectivity index (χ2v) is 7.64. The molecule has 0 bridgehead atoms. The molecule has 1 aromatic heterocycles. The number of anilines is 1. The van der Waals surface area contributed by atoms with Crippen molar-refractivity contribution in [3.8, 4) is 5.75 Å². The fourth-order valence-corrected chi connectivity index (χ4v) is 4.42. The van der Waals surface area contributed by atoms with Crippen LogP contribution in [-0.2, 0) is 0 Å². The Hall–Kier alpha value is -1.95. The first-order valence-electron chi connectivity index (χ1n) is 8.29. The number of methoxy groups -OCH3 is 1. The van der Waals surface area contributed by atoms with Crippen molar-refractivity contribution in [1.82, 2.24) is 9.97 Å². The third kappa shape index (κ3) is 5.78. The average Bonchev–Trinajstić information content (AvgIpc) is 2.91. The van der Waals surface area contributed by atoms with E-state index in [-0.39, 0.29) is 59.5 Å². The standard InChI is InChI=1S/C20H19IN5O.CH3.Li/c1-5-17(22)15-8-16-19(18(9-15)27-4)23-11-24-20(16)25-13(3)14-7-6-12(2)26-21-10-14;;/h1,5-11,13H,2-4H3,(H,23,24,25);1H3;/q-3;-1;+1/t13-;;/m1../s1. The third-order valence-corrected chi connectivity index (χ3v) is 6.14. The van der Waals surface area contributed by atoms with Gasteiger partial charge in [-0.3, -0.25) is 0 Å². The van der Waals surface area contributed by atoms with Gasteiger partial charge < -0.3 is 7.43 Å². The van der Waals surface area contributed by atoms with Crippen LogP contribution in [0.4, 0.5) is 5.82 Å². The molecule has 1 aliphatic rings. The summed E-state index contributed by atoms with van der Waals surface area (Å²) in [5, 5.41) is 14.2. The first kappa shape index (κ1) is 25.1. The predicted molar refractivity (Wildman–Crippen MR) is 112 cm³/mol. The van der Waals surface area contributed by atoms with Crippen molar-refractivity contribution in [3.05, 3.63) is 71.3 Å². The van der Waals surface area contributed by atoms with Crippen molar-refractivity contribution in [2.45, 2.75) is 19.9 Å². The molecule has 8 heteroatoms. The molecule has 0 aliphatic carbocycles. The maximum Gasteiger partial charge on any atom is 1.00 e. The molecule has 1 aliphatic heterocycles. The van der Waals surface area contributed by atoms with Crippen molar-refractivity contribution < 1.29 is 45.1 Å². The van der Waals surface area contributed by atoms with E-state index < -0.39 is 0 Å². The number of nitrogens with zero attached hydrogens (tertiary/aromatic N) is 4. The molecule has 0 fully saturated rings. The van der Waals surface area contributed by atoms with Gasteiger partial charge in [-0.15, -0.1) is 0 Å². The fraction of sp³-hybridized carbons (Fsp3) is 0.190. The molecular formula is C21H22ILiN5O-3. The second-order valence-electron chi connectivity index (χ2n) is 5.98. The van der Waals surface area contributed by atoms with Gasteiger partial charge in [-0.05, 0) is 0 Å². The fourth-order valence-electron chi connectivity index (χ4n) is 2.62. The summed E-state index contributed by atoms with van der Waals surface area (Å²) in [6.45, 7) is 9.54. The smallest absolute Gasteiger partial charge is 0.358 e. The largest absolute Gasteiger partial charge is 1.00 e. The molecule has 148 valence electrons. The topological polar surface area (TPSA) is 81.7 Å². The van der Waals surface area contributed by atoms with E-state index in [1.54, 1.807) is 19.2 Å². The van der Waals surface area contributed by atoms with Crippen LogP contribution < -0.4 is 50.4 Å². The maximum absolute atomic E-state index is 10.0. The van der Waals surface area contributed by atoms with Gasteiger partial charge >= 0.3 is 188 Å². The first-order chi connectivity index (χ1) is 13.0. The van der Waals surface area contributed by atoms with E-state index in [4.69, 9.17) is 11.3 Å². The Balaban J connectivity index is 0.00000210. The quantitative estimate of drug-likeness (QED) is 0.222. The molecule has 3 rings (SSSR count). The first-order valence-corrected chi connectivity index (χ1v) is 10.5. The van der Waals surface area contributed by atoms with Gasteiger partial charge in [-0.25, -0.2) is 0 Å². The van der Waals surface area contributed by atoms with Crippen molar-refractivity contribution >= 4 is 28.1 Å². The van der Waals surface area contributed by atoms with Crippen LogP contribution >= 0.6 is 0 Å². The number of hydrogen-bond acceptors (Lipinski definition) is 5. The van der Waals surface area contributed by atoms with E-state index in [2.05, 4.69) is 35.6 Å². The van der Waals surface area contributed by atoms with Crippen LogP contribution in [0.25, 0.3) is 16.3 Å². The normalized spacial score (nSPS) is 14.0. The predicted octanol–water partition coefficient (Wildman–Crippen LogP) is -1.84. The minimum absolute atomic E-state index is 0. The molecule has 1 aromatic carbocycles. The summed E-state index contributed by atoms with van der Waals surface area (Å²) in [5.41, 5.74) is 3.38. The zero-order valence-electron chi connectivity index (χ0n) is 17.3. The van der Waals surface area contributed by atoms with E-state index in [0.29, 0.717) is 22.6 Å². The Labute approximate surface area is 195 Å². The molecule has 0 unspecified atom stereocenters. The van der Waals surface area contributed by atoms with Crippen LogP contribution in [0.2, 0.25) is 0 Å². The number of benzene rings is 1. The number of halogens is 1. The Bertz CT molecular complexity index is 1000. The molecule has 2 heterocycles.